The van der Waals surface area contributed by atoms with E-state index in [-0.39, 0.29) is 18.3 Å². The third-order valence-corrected chi connectivity index (χ3v) is 4.47. The van der Waals surface area contributed by atoms with Gasteiger partial charge in [0.1, 0.15) is 6.17 Å². The first-order chi connectivity index (χ1) is 10.4. The third-order valence-electron chi connectivity index (χ3n) is 3.84. The molecule has 9 heteroatoms. The topological polar surface area (TPSA) is 90.2 Å². The van der Waals surface area contributed by atoms with Gasteiger partial charge in [0.05, 0.1) is 27.0 Å². The van der Waals surface area contributed by atoms with Crippen molar-refractivity contribution in [3.8, 4) is 0 Å². The van der Waals surface area contributed by atoms with E-state index < -0.39 is 11.1 Å². The summed E-state index contributed by atoms with van der Waals surface area (Å²) < 4.78 is 15.9. The van der Waals surface area contributed by atoms with Crippen LogP contribution in [0, 0.1) is 10.1 Å². The van der Waals surface area contributed by atoms with E-state index in [1.807, 2.05) is 0 Å². The van der Waals surface area contributed by atoms with Crippen molar-refractivity contribution in [2.45, 2.75) is 18.6 Å². The van der Waals surface area contributed by atoms with Crippen molar-refractivity contribution in [3.63, 3.8) is 0 Å². The molecular formula is C13H15BrFN5O2. The Kier molecular flexibility index (Phi) is 3.77. The lowest BCUT2D eigenvalue weighted by Crippen LogP contribution is -2.48. The van der Waals surface area contributed by atoms with Crippen LogP contribution in [0.25, 0.3) is 11.0 Å². The Morgan fingerprint density at radius 3 is 2.86 bits per heavy atom. The van der Waals surface area contributed by atoms with Gasteiger partial charge in [-0.3, -0.25) is 10.1 Å². The zero-order valence-electron chi connectivity index (χ0n) is 11.9. The number of fused-ring (bicyclic) bond motifs is 1. The van der Waals surface area contributed by atoms with Crippen LogP contribution in [0.4, 0.5) is 16.0 Å². The summed E-state index contributed by atoms with van der Waals surface area (Å²) in [6.45, 7) is 0.745. The molecule has 1 aliphatic rings. The largest absolute Gasteiger partial charge is 0.338 e. The van der Waals surface area contributed by atoms with Gasteiger partial charge in [0.25, 0.3) is 5.69 Å². The second kappa shape index (κ2) is 5.47. The first-order valence-corrected chi connectivity index (χ1v) is 7.61. The number of nitrogens with two attached hydrogens (primary N) is 1. The van der Waals surface area contributed by atoms with Crippen molar-refractivity contribution >= 4 is 38.6 Å². The van der Waals surface area contributed by atoms with Crippen LogP contribution in [-0.2, 0) is 7.05 Å². The Morgan fingerprint density at radius 1 is 1.50 bits per heavy atom. The zero-order valence-corrected chi connectivity index (χ0v) is 13.5. The molecule has 0 aliphatic carbocycles. The Balaban J connectivity index is 2.08. The normalized spacial score (nSPS) is 22.3. The number of nitrogens with zero attached hydrogens (tertiary/aromatic N) is 4. The van der Waals surface area contributed by atoms with Gasteiger partial charge in [-0.2, -0.15) is 0 Å². The quantitative estimate of drug-likeness (QED) is 0.644. The molecule has 2 heterocycles. The molecule has 2 N–H and O–H groups in total. The zero-order chi connectivity index (χ0) is 16.0. The monoisotopic (exact) mass is 371 g/mol. The number of piperidine rings is 1. The number of imidazole rings is 1. The maximum atomic E-state index is 13.7. The van der Waals surface area contributed by atoms with Gasteiger partial charge in [0, 0.05) is 25.7 Å². The van der Waals surface area contributed by atoms with Gasteiger partial charge in [-0.15, -0.1) is 0 Å². The maximum Gasteiger partial charge on any atom is 0.285 e. The molecule has 1 unspecified atom stereocenters. The molecule has 1 saturated heterocycles. The standard InChI is InChI=1S/C13H15BrFN5O2/c1-18-12-3-9(14)11(20(21)22)4-10(12)17-13(18)19-5-7(15)2-8(16)6-19/h3-4,7-8H,2,5-6,16H2,1H3/t7?,8-/m1/s1. The molecule has 1 aromatic carbocycles. The van der Waals surface area contributed by atoms with Gasteiger partial charge in [-0.1, -0.05) is 0 Å². The molecule has 22 heavy (non-hydrogen) atoms. The number of benzene rings is 1. The number of alkyl halides is 1. The number of halogens is 2. The highest BCUT2D eigenvalue weighted by atomic mass is 79.9. The summed E-state index contributed by atoms with van der Waals surface area (Å²) >= 11 is 3.20. The maximum absolute atomic E-state index is 13.7. The Hall–Kier alpha value is -1.74. The van der Waals surface area contributed by atoms with Gasteiger partial charge in [0.2, 0.25) is 5.95 Å². The van der Waals surface area contributed by atoms with Crippen LogP contribution < -0.4 is 10.6 Å². The Morgan fingerprint density at radius 2 is 2.23 bits per heavy atom. The molecule has 3 rings (SSSR count). The molecule has 1 aromatic heterocycles. The van der Waals surface area contributed by atoms with Crippen molar-refractivity contribution in [3.05, 3.63) is 26.7 Å². The van der Waals surface area contributed by atoms with Crippen molar-refractivity contribution in [1.29, 1.82) is 0 Å². The molecular weight excluding hydrogens is 357 g/mol. The number of nitro benzene ring substituents is 1. The molecule has 0 bridgehead atoms. The lowest BCUT2D eigenvalue weighted by atomic mass is 10.1. The fourth-order valence-corrected chi connectivity index (χ4v) is 3.33. The average molecular weight is 372 g/mol. The number of nitro groups is 1. The molecule has 118 valence electrons. The van der Waals surface area contributed by atoms with E-state index in [9.17, 15) is 14.5 Å². The second-order valence-corrected chi connectivity index (χ2v) is 6.37. The summed E-state index contributed by atoms with van der Waals surface area (Å²) in [5, 5.41) is 11.0. The van der Waals surface area contributed by atoms with E-state index in [0.29, 0.717) is 28.9 Å². The van der Waals surface area contributed by atoms with Gasteiger partial charge in [0.15, 0.2) is 0 Å². The highest BCUT2D eigenvalue weighted by Crippen LogP contribution is 2.32. The SMILES string of the molecule is Cn1c(N2CC(F)C[C@@H](N)C2)nc2cc([N+](=O)[O-])c(Br)cc21. The van der Waals surface area contributed by atoms with E-state index in [1.165, 1.54) is 6.07 Å². The first kappa shape index (κ1) is 15.2. The van der Waals surface area contributed by atoms with Crippen LogP contribution in [0.1, 0.15) is 6.42 Å². The molecule has 1 fully saturated rings. The number of hydrogen-bond acceptors (Lipinski definition) is 5. The first-order valence-electron chi connectivity index (χ1n) is 6.81. The number of rotatable bonds is 2. The minimum absolute atomic E-state index is 0.0455. The highest BCUT2D eigenvalue weighted by Gasteiger charge is 2.28. The number of aromatic nitrogens is 2. The van der Waals surface area contributed by atoms with E-state index in [0.717, 1.165) is 5.52 Å². The van der Waals surface area contributed by atoms with Gasteiger partial charge in [-0.05, 0) is 28.4 Å². The predicted octanol–water partition coefficient (Wildman–Crippen LogP) is 2.12. The van der Waals surface area contributed by atoms with Crippen LogP contribution in [0.3, 0.4) is 0 Å². The predicted molar refractivity (Wildman–Crippen MR) is 84.8 cm³/mol. The fraction of sp³-hybridized carbons (Fsp3) is 0.462. The molecule has 2 atom stereocenters. The summed E-state index contributed by atoms with van der Waals surface area (Å²) in [6.07, 6.45) is -0.651. The molecule has 0 radical (unpaired) electrons. The molecule has 0 spiro atoms. The lowest BCUT2D eigenvalue weighted by molar-refractivity contribution is -0.385. The van der Waals surface area contributed by atoms with E-state index in [4.69, 9.17) is 5.73 Å². The van der Waals surface area contributed by atoms with Gasteiger partial charge >= 0.3 is 0 Å². The number of aryl methyl sites for hydroxylation is 1. The van der Waals surface area contributed by atoms with Crippen molar-refractivity contribution < 1.29 is 9.31 Å². The van der Waals surface area contributed by atoms with Crippen LogP contribution in [-0.4, -0.2) is 39.8 Å². The lowest BCUT2D eigenvalue weighted by Gasteiger charge is -2.33. The average Bonchev–Trinajstić information content (AvgIpc) is 2.73. The van der Waals surface area contributed by atoms with Crippen LogP contribution >= 0.6 is 15.9 Å². The molecule has 2 aromatic rings. The third kappa shape index (κ3) is 2.54. The minimum atomic E-state index is -0.996. The summed E-state index contributed by atoms with van der Waals surface area (Å²) in [4.78, 5) is 16.8. The smallest absolute Gasteiger partial charge is 0.285 e. The molecule has 7 nitrogen and oxygen atoms in total. The fourth-order valence-electron chi connectivity index (χ4n) is 2.85. The van der Waals surface area contributed by atoms with Crippen LogP contribution in [0.5, 0.6) is 0 Å². The van der Waals surface area contributed by atoms with Gasteiger partial charge < -0.3 is 15.2 Å². The second-order valence-electron chi connectivity index (χ2n) is 5.52. The Bertz CT molecular complexity index is 740. The summed E-state index contributed by atoms with van der Waals surface area (Å²) in [7, 11) is 1.80. The van der Waals surface area contributed by atoms with Crippen LogP contribution in [0.2, 0.25) is 0 Å². The van der Waals surface area contributed by atoms with Crippen molar-refractivity contribution in [2.75, 3.05) is 18.0 Å². The van der Waals surface area contributed by atoms with Crippen molar-refractivity contribution in [2.24, 2.45) is 12.8 Å². The molecule has 0 amide bonds. The Labute approximate surface area is 134 Å². The van der Waals surface area contributed by atoms with E-state index in [2.05, 4.69) is 20.9 Å². The summed E-state index contributed by atoms with van der Waals surface area (Å²) in [5.41, 5.74) is 7.06. The summed E-state index contributed by atoms with van der Waals surface area (Å²) in [5.74, 6) is 0.570. The molecule has 1 aliphatic heterocycles. The molecule has 0 saturated carbocycles. The van der Waals surface area contributed by atoms with E-state index in [1.54, 1.807) is 22.6 Å². The number of hydrogen-bond donors (Lipinski definition) is 1. The van der Waals surface area contributed by atoms with Crippen molar-refractivity contribution in [1.82, 2.24) is 9.55 Å². The number of anilines is 1. The van der Waals surface area contributed by atoms with Crippen LogP contribution in [0.15, 0.2) is 16.6 Å². The highest BCUT2D eigenvalue weighted by molar-refractivity contribution is 9.10. The van der Waals surface area contributed by atoms with Gasteiger partial charge in [-0.25, -0.2) is 9.37 Å². The van der Waals surface area contributed by atoms with E-state index >= 15 is 0 Å². The minimum Gasteiger partial charge on any atom is -0.338 e. The summed E-state index contributed by atoms with van der Waals surface area (Å²) in [6, 6.07) is 2.82.